The maximum absolute atomic E-state index is 14.1. The first kappa shape index (κ1) is 25.5. The summed E-state index contributed by atoms with van der Waals surface area (Å²) in [5.41, 5.74) is 5.64. The average Bonchev–Trinajstić information content (AvgIpc) is 2.66. The highest BCUT2D eigenvalue weighted by atomic mass is 19.3. The van der Waals surface area contributed by atoms with E-state index in [1.54, 1.807) is 41.6 Å². The molecule has 0 spiro atoms. The Hall–Kier alpha value is -2.49. The lowest BCUT2D eigenvalue weighted by atomic mass is 10.1. The lowest BCUT2D eigenvalue weighted by Crippen LogP contribution is -2.35. The van der Waals surface area contributed by atoms with Crippen molar-refractivity contribution in [1.29, 1.82) is 0 Å². The summed E-state index contributed by atoms with van der Waals surface area (Å²) < 4.78 is 51.2. The van der Waals surface area contributed by atoms with E-state index in [1.165, 1.54) is 25.1 Å². The summed E-state index contributed by atoms with van der Waals surface area (Å²) in [6.07, 6.45) is 0.750. The summed E-state index contributed by atoms with van der Waals surface area (Å²) in [4.78, 5) is 10.5. The van der Waals surface area contributed by atoms with E-state index in [0.717, 1.165) is 13.4 Å². The molecule has 0 bridgehead atoms. The third-order valence-electron chi connectivity index (χ3n) is 3.28. The van der Waals surface area contributed by atoms with Gasteiger partial charge in [-0.3, -0.25) is 0 Å². The zero-order valence-corrected chi connectivity index (χ0v) is 15.9. The number of aldehydes is 1. The monoisotopic (exact) mass is 403 g/mol. The van der Waals surface area contributed by atoms with Gasteiger partial charge in [0.05, 0.1) is 0 Å². The number of rotatable bonds is 7. The van der Waals surface area contributed by atoms with Gasteiger partial charge < -0.3 is 14.8 Å². The largest absolute Gasteiger partial charge is 0.400 e. The molecule has 0 radical (unpaired) electrons. The molecule has 0 saturated heterocycles. The Bertz CT molecular complexity index is 703. The second-order valence-electron chi connectivity index (χ2n) is 5.30. The van der Waals surface area contributed by atoms with Crippen molar-refractivity contribution in [2.75, 3.05) is 19.1 Å². The maximum atomic E-state index is 14.1. The number of hydrazine groups is 1. The van der Waals surface area contributed by atoms with Crippen molar-refractivity contribution >= 4 is 12.0 Å². The number of alkyl halides is 2. The van der Waals surface area contributed by atoms with E-state index in [1.807, 2.05) is 0 Å². The summed E-state index contributed by atoms with van der Waals surface area (Å²) in [5.74, 6) is -0.799. The molecule has 0 aliphatic rings. The van der Waals surface area contributed by atoms with Gasteiger partial charge in [-0.2, -0.15) is 14.2 Å². The number of hydrogen-bond donors (Lipinski definition) is 3. The minimum absolute atomic E-state index is 0.0707. The van der Waals surface area contributed by atoms with Crippen LogP contribution in [0, 0.1) is 11.6 Å². The van der Waals surface area contributed by atoms with E-state index in [-0.39, 0.29) is 18.9 Å². The molecule has 156 valence electrons. The van der Waals surface area contributed by atoms with Gasteiger partial charge in [0.25, 0.3) is 0 Å². The Morgan fingerprint density at radius 3 is 2.32 bits per heavy atom. The van der Waals surface area contributed by atoms with E-state index >= 15 is 0 Å². The quantitative estimate of drug-likeness (QED) is 0.287. The first-order chi connectivity index (χ1) is 13.4. The molecular formula is C19H25F4N3O2. The Morgan fingerprint density at radius 2 is 1.79 bits per heavy atom. The number of hydrogen-bond acceptors (Lipinski definition) is 5. The molecule has 2 rings (SSSR count). The first-order valence-corrected chi connectivity index (χ1v) is 8.22. The van der Waals surface area contributed by atoms with Crippen molar-refractivity contribution in [3.05, 3.63) is 65.2 Å². The van der Waals surface area contributed by atoms with Crippen LogP contribution in [0.15, 0.2) is 42.5 Å². The number of anilines is 1. The van der Waals surface area contributed by atoms with Crippen LogP contribution in [0.25, 0.3) is 0 Å². The molecule has 0 aromatic heterocycles. The van der Waals surface area contributed by atoms with Gasteiger partial charge in [0.1, 0.15) is 17.9 Å². The molecule has 2 aromatic carbocycles. The molecule has 2 aromatic rings. The molecule has 9 heteroatoms. The van der Waals surface area contributed by atoms with Crippen molar-refractivity contribution in [3.63, 3.8) is 0 Å². The average molecular weight is 403 g/mol. The fraction of sp³-hybridized carbons (Fsp3) is 0.316. The second-order valence-corrected chi connectivity index (χ2v) is 5.30. The molecule has 0 amide bonds. The molecule has 0 aliphatic carbocycles. The van der Waals surface area contributed by atoms with Gasteiger partial charge in [0.15, 0.2) is 0 Å². The zero-order valence-electron chi connectivity index (χ0n) is 15.9. The lowest BCUT2D eigenvalue weighted by Gasteiger charge is -2.20. The number of nitrogens with one attached hydrogen (secondary N) is 2. The molecule has 0 heterocycles. The Morgan fingerprint density at radius 1 is 1.14 bits per heavy atom. The van der Waals surface area contributed by atoms with E-state index in [2.05, 4.69) is 5.43 Å². The van der Waals surface area contributed by atoms with Crippen LogP contribution in [0.4, 0.5) is 23.2 Å². The number of aliphatic hydroxyl groups excluding tert-OH is 1. The van der Waals surface area contributed by atoms with Crippen LogP contribution in [0.3, 0.4) is 0 Å². The lowest BCUT2D eigenvalue weighted by molar-refractivity contribution is -0.106. The van der Waals surface area contributed by atoms with Crippen LogP contribution in [-0.4, -0.2) is 32.1 Å². The van der Waals surface area contributed by atoms with Crippen LogP contribution in [-0.2, 0) is 17.9 Å². The molecular weight excluding hydrogens is 378 g/mol. The molecule has 0 aliphatic heterocycles. The predicted molar refractivity (Wildman–Crippen MR) is 101 cm³/mol. The zero-order chi connectivity index (χ0) is 21.5. The van der Waals surface area contributed by atoms with Crippen LogP contribution in [0.5, 0.6) is 0 Å². The third-order valence-corrected chi connectivity index (χ3v) is 3.28. The molecule has 28 heavy (non-hydrogen) atoms. The van der Waals surface area contributed by atoms with E-state index in [0.29, 0.717) is 16.8 Å². The summed E-state index contributed by atoms with van der Waals surface area (Å²) in [7, 11) is 2.73. The highest BCUT2D eigenvalue weighted by Gasteiger charge is 2.09. The number of carbonyl (C=O) groups is 1. The summed E-state index contributed by atoms with van der Waals surface area (Å²) in [5, 5.41) is 7.00. The van der Waals surface area contributed by atoms with Gasteiger partial charge in [-0.25, -0.2) is 14.2 Å². The van der Waals surface area contributed by atoms with Crippen LogP contribution < -0.4 is 15.8 Å². The minimum Gasteiger partial charge on any atom is -0.400 e. The van der Waals surface area contributed by atoms with Gasteiger partial charge in [0, 0.05) is 38.5 Å². The van der Waals surface area contributed by atoms with Crippen molar-refractivity contribution < 1.29 is 27.5 Å². The molecule has 5 nitrogen and oxygen atoms in total. The molecule has 0 fully saturated rings. The number of halogens is 4. The molecule has 0 saturated carbocycles. The Balaban J connectivity index is 0.00000133. The Kier molecular flexibility index (Phi) is 13.3. The number of aliphatic hydroxyl groups is 1. The fourth-order valence-corrected chi connectivity index (χ4v) is 2.12. The normalized spacial score (nSPS) is 9.75. The van der Waals surface area contributed by atoms with Crippen LogP contribution in [0.2, 0.25) is 0 Å². The smallest absolute Gasteiger partial charge is 0.304 e. The fourth-order valence-electron chi connectivity index (χ4n) is 2.12. The van der Waals surface area contributed by atoms with Crippen molar-refractivity contribution in [1.82, 2.24) is 10.9 Å². The summed E-state index contributed by atoms with van der Waals surface area (Å²) in [6.45, 7) is -0.904. The molecule has 0 atom stereocenters. The number of nitrogens with zero attached hydrogens (tertiary/aromatic N) is 1. The molecule has 0 unspecified atom stereocenters. The highest BCUT2D eigenvalue weighted by molar-refractivity contribution is 5.46. The van der Waals surface area contributed by atoms with E-state index in [9.17, 15) is 17.6 Å². The summed E-state index contributed by atoms with van der Waals surface area (Å²) >= 11 is 0. The van der Waals surface area contributed by atoms with Gasteiger partial charge in [0.2, 0.25) is 0 Å². The second kappa shape index (κ2) is 14.6. The van der Waals surface area contributed by atoms with Gasteiger partial charge in [-0.05, 0) is 36.8 Å². The van der Waals surface area contributed by atoms with Crippen LogP contribution >= 0.6 is 0 Å². The minimum atomic E-state index is -2.68. The van der Waals surface area contributed by atoms with Gasteiger partial charge in [-0.1, -0.05) is 18.2 Å². The van der Waals surface area contributed by atoms with Crippen LogP contribution in [0.1, 0.15) is 18.1 Å². The van der Waals surface area contributed by atoms with Gasteiger partial charge >= 0.3 is 6.55 Å². The highest BCUT2D eigenvalue weighted by Crippen LogP contribution is 2.18. The summed E-state index contributed by atoms with van der Waals surface area (Å²) in [6, 6.07) is 10.5. The van der Waals surface area contributed by atoms with E-state index < -0.39 is 12.4 Å². The topological polar surface area (TPSA) is 64.6 Å². The standard InChI is InChI=1S/C16H17F4N3.C2H4O.CH4O/c1-23(14-4-2-3-13(17)8-14)10-12-6-5-11(7-15(12)18)9-21-22-16(19)20;1-2-3;1-2/h2-8,16,21-22H,9-10H2,1H3;2H,1H3;2H,1H3. The predicted octanol–water partition coefficient (Wildman–Crippen LogP) is 3.23. The van der Waals surface area contributed by atoms with Crippen molar-refractivity contribution in [3.8, 4) is 0 Å². The third kappa shape index (κ3) is 10.0. The number of carbonyl (C=O) groups excluding carboxylic acids is 1. The molecule has 3 N–H and O–H groups in total. The SMILES string of the molecule is CC=O.CN(Cc1ccc(CNNC(F)F)cc1F)c1cccc(F)c1.CO. The van der Waals surface area contributed by atoms with Gasteiger partial charge in [-0.15, -0.1) is 0 Å². The number of benzene rings is 2. The Labute approximate surface area is 162 Å². The van der Waals surface area contributed by atoms with Crippen molar-refractivity contribution in [2.45, 2.75) is 26.6 Å². The first-order valence-electron chi connectivity index (χ1n) is 8.22. The maximum Gasteiger partial charge on any atom is 0.304 e. The van der Waals surface area contributed by atoms with Crippen molar-refractivity contribution in [2.24, 2.45) is 0 Å². The van der Waals surface area contributed by atoms with E-state index in [4.69, 9.17) is 9.90 Å².